The molecule has 0 aliphatic heterocycles. The highest BCUT2D eigenvalue weighted by atomic mass is 16.6. The molecule has 0 atom stereocenters. The van der Waals surface area contributed by atoms with Crippen molar-refractivity contribution < 1.29 is 9.72 Å². The Morgan fingerprint density at radius 3 is 2.62 bits per heavy atom. The van der Waals surface area contributed by atoms with Gasteiger partial charge < -0.3 is 10.3 Å². The van der Waals surface area contributed by atoms with Gasteiger partial charge in [-0.15, -0.1) is 0 Å². The van der Waals surface area contributed by atoms with Crippen molar-refractivity contribution in [2.24, 2.45) is 11.8 Å². The van der Waals surface area contributed by atoms with Crippen LogP contribution in [0.25, 0.3) is 0 Å². The van der Waals surface area contributed by atoms with Crippen molar-refractivity contribution in [2.45, 2.75) is 31.7 Å². The maximum absolute atomic E-state index is 12.8. The van der Waals surface area contributed by atoms with Crippen molar-refractivity contribution in [3.05, 3.63) is 33.9 Å². The highest BCUT2D eigenvalue weighted by Crippen LogP contribution is 2.37. The van der Waals surface area contributed by atoms with Crippen LogP contribution in [0.5, 0.6) is 0 Å². The van der Waals surface area contributed by atoms with E-state index < -0.39 is 4.92 Å². The zero-order valence-electron chi connectivity index (χ0n) is 11.6. The molecule has 1 aromatic rings. The lowest BCUT2D eigenvalue weighted by Crippen LogP contribution is -2.35. The van der Waals surface area contributed by atoms with Gasteiger partial charge in [0.1, 0.15) is 5.69 Å². The lowest BCUT2D eigenvalue weighted by atomic mass is 10.1. The normalized spacial score (nSPS) is 17.4. The van der Waals surface area contributed by atoms with Crippen LogP contribution in [-0.4, -0.2) is 28.3 Å². The van der Waals surface area contributed by atoms with Crippen LogP contribution in [-0.2, 0) is 0 Å². The number of carbonyl (C=O) groups excluding carboxylic acids is 1. The van der Waals surface area contributed by atoms with Gasteiger partial charge in [0.25, 0.3) is 11.6 Å². The summed E-state index contributed by atoms with van der Waals surface area (Å²) < 4.78 is 0. The average Bonchev–Trinajstić information content (AvgIpc) is 3.36. The summed E-state index contributed by atoms with van der Waals surface area (Å²) in [6.45, 7) is 0.746. The van der Waals surface area contributed by atoms with Crippen LogP contribution in [0, 0.1) is 16.0 Å². The number of amides is 1. The SMILES string of the molecule is NNc1c(C(=O)N(CC2CC2)C2CC2)cccc1[N+](=O)[O-]. The number of benzene rings is 1. The van der Waals surface area contributed by atoms with Crippen LogP contribution in [0.3, 0.4) is 0 Å². The summed E-state index contributed by atoms with van der Waals surface area (Å²) in [5.74, 6) is 5.83. The van der Waals surface area contributed by atoms with E-state index in [4.69, 9.17) is 5.84 Å². The number of nitro benzene ring substituents is 1. The molecule has 0 spiro atoms. The molecule has 7 heteroatoms. The minimum Gasteiger partial charge on any atom is -0.335 e. The van der Waals surface area contributed by atoms with Gasteiger partial charge in [-0.2, -0.15) is 0 Å². The second kappa shape index (κ2) is 5.33. The third-order valence-electron chi connectivity index (χ3n) is 4.01. The minimum atomic E-state index is -0.533. The van der Waals surface area contributed by atoms with Gasteiger partial charge in [-0.3, -0.25) is 20.8 Å². The molecule has 0 bridgehead atoms. The van der Waals surface area contributed by atoms with Crippen LogP contribution in [0.4, 0.5) is 11.4 Å². The molecule has 0 unspecified atom stereocenters. The van der Waals surface area contributed by atoms with Crippen molar-refractivity contribution in [2.75, 3.05) is 12.0 Å². The number of hydrogen-bond donors (Lipinski definition) is 2. The van der Waals surface area contributed by atoms with E-state index in [9.17, 15) is 14.9 Å². The third-order valence-corrected chi connectivity index (χ3v) is 4.01. The fourth-order valence-electron chi connectivity index (χ4n) is 2.54. The molecule has 2 saturated carbocycles. The number of para-hydroxylation sites is 1. The summed E-state index contributed by atoms with van der Waals surface area (Å²) in [5, 5.41) is 11.0. The van der Waals surface area contributed by atoms with Gasteiger partial charge in [0.2, 0.25) is 0 Å². The molecule has 3 rings (SSSR count). The number of nitrogen functional groups attached to an aromatic ring is 1. The second-order valence-electron chi connectivity index (χ2n) is 5.73. The maximum atomic E-state index is 12.8. The highest BCUT2D eigenvalue weighted by molar-refractivity contribution is 6.01. The predicted octanol–water partition coefficient (Wildman–Crippen LogP) is 1.89. The van der Waals surface area contributed by atoms with Gasteiger partial charge >= 0.3 is 0 Å². The minimum absolute atomic E-state index is 0.0916. The summed E-state index contributed by atoms with van der Waals surface area (Å²) in [4.78, 5) is 25.1. The van der Waals surface area contributed by atoms with Gasteiger partial charge in [0.05, 0.1) is 10.5 Å². The Bertz CT molecular complexity index is 582. The second-order valence-corrected chi connectivity index (χ2v) is 5.73. The molecule has 2 aliphatic rings. The topological polar surface area (TPSA) is 102 Å². The van der Waals surface area contributed by atoms with Crippen molar-refractivity contribution in [1.82, 2.24) is 4.90 Å². The molecule has 2 fully saturated rings. The number of nitrogens with two attached hydrogens (primary N) is 1. The molecular weight excluding hydrogens is 272 g/mol. The molecule has 3 N–H and O–H groups in total. The standard InChI is InChI=1S/C14H18N4O3/c15-16-13-11(2-1-3-12(13)18(20)21)14(19)17(10-6-7-10)8-9-4-5-9/h1-3,9-10,16H,4-8,15H2. The maximum Gasteiger partial charge on any atom is 0.294 e. The molecular formula is C14H18N4O3. The first-order chi connectivity index (χ1) is 10.1. The molecule has 2 aliphatic carbocycles. The van der Waals surface area contributed by atoms with Gasteiger partial charge in [-0.25, -0.2) is 0 Å². The van der Waals surface area contributed by atoms with Crippen molar-refractivity contribution in [3.63, 3.8) is 0 Å². The van der Waals surface area contributed by atoms with Crippen LogP contribution < -0.4 is 11.3 Å². The number of rotatable bonds is 6. The van der Waals surface area contributed by atoms with E-state index in [1.54, 1.807) is 6.07 Å². The quantitative estimate of drug-likeness (QED) is 0.473. The largest absolute Gasteiger partial charge is 0.335 e. The molecule has 0 aromatic heterocycles. The summed E-state index contributed by atoms with van der Waals surface area (Å²) in [7, 11) is 0. The number of nitro groups is 1. The number of anilines is 1. The van der Waals surface area contributed by atoms with Gasteiger partial charge in [0, 0.05) is 18.7 Å². The highest BCUT2D eigenvalue weighted by Gasteiger charge is 2.38. The molecule has 112 valence electrons. The monoisotopic (exact) mass is 290 g/mol. The van der Waals surface area contributed by atoms with Crippen molar-refractivity contribution in [3.8, 4) is 0 Å². The lowest BCUT2D eigenvalue weighted by molar-refractivity contribution is -0.384. The van der Waals surface area contributed by atoms with E-state index >= 15 is 0 Å². The fraction of sp³-hybridized carbons (Fsp3) is 0.500. The zero-order chi connectivity index (χ0) is 15.0. The molecule has 1 amide bonds. The Labute approximate surface area is 122 Å². The summed E-state index contributed by atoms with van der Waals surface area (Å²) in [5.41, 5.74) is 2.51. The number of hydrogen-bond acceptors (Lipinski definition) is 5. The van der Waals surface area contributed by atoms with E-state index in [-0.39, 0.29) is 28.9 Å². The van der Waals surface area contributed by atoms with Gasteiger partial charge in [0.15, 0.2) is 0 Å². The van der Waals surface area contributed by atoms with E-state index in [0.717, 1.165) is 32.2 Å². The van der Waals surface area contributed by atoms with Crippen LogP contribution in [0.2, 0.25) is 0 Å². The Morgan fingerprint density at radius 1 is 1.38 bits per heavy atom. The van der Waals surface area contributed by atoms with Gasteiger partial charge in [-0.1, -0.05) is 6.07 Å². The Morgan fingerprint density at radius 2 is 2.10 bits per heavy atom. The molecule has 0 radical (unpaired) electrons. The molecule has 0 heterocycles. The molecule has 7 nitrogen and oxygen atoms in total. The van der Waals surface area contributed by atoms with Crippen molar-refractivity contribution >= 4 is 17.3 Å². The lowest BCUT2D eigenvalue weighted by Gasteiger charge is -2.23. The number of nitrogens with zero attached hydrogens (tertiary/aromatic N) is 2. The summed E-state index contributed by atoms with van der Waals surface area (Å²) >= 11 is 0. The van der Waals surface area contributed by atoms with Crippen LogP contribution in [0.1, 0.15) is 36.0 Å². The first kappa shape index (κ1) is 13.8. The molecule has 1 aromatic carbocycles. The first-order valence-corrected chi connectivity index (χ1v) is 7.16. The number of hydrazine groups is 1. The zero-order valence-corrected chi connectivity index (χ0v) is 11.6. The van der Waals surface area contributed by atoms with Gasteiger partial charge in [-0.05, 0) is 37.7 Å². The first-order valence-electron chi connectivity index (χ1n) is 7.16. The van der Waals surface area contributed by atoms with Crippen LogP contribution >= 0.6 is 0 Å². The fourth-order valence-corrected chi connectivity index (χ4v) is 2.54. The Kier molecular flexibility index (Phi) is 3.50. The van der Waals surface area contributed by atoms with E-state index in [1.807, 2.05) is 4.90 Å². The molecule has 21 heavy (non-hydrogen) atoms. The smallest absolute Gasteiger partial charge is 0.294 e. The van der Waals surface area contributed by atoms with E-state index in [2.05, 4.69) is 5.43 Å². The summed E-state index contributed by atoms with van der Waals surface area (Å²) in [6, 6.07) is 4.73. The number of nitrogens with one attached hydrogen (secondary N) is 1. The van der Waals surface area contributed by atoms with E-state index in [0.29, 0.717) is 5.92 Å². The van der Waals surface area contributed by atoms with Crippen LogP contribution in [0.15, 0.2) is 18.2 Å². The van der Waals surface area contributed by atoms with E-state index in [1.165, 1.54) is 12.1 Å². The third kappa shape index (κ3) is 2.82. The average molecular weight is 290 g/mol. The number of carbonyl (C=O) groups is 1. The van der Waals surface area contributed by atoms with Crippen molar-refractivity contribution in [1.29, 1.82) is 0 Å². The Hall–Kier alpha value is -2.15. The summed E-state index contributed by atoms with van der Waals surface area (Å²) in [6.07, 6.45) is 4.35. The molecule has 0 saturated heterocycles. The predicted molar refractivity (Wildman–Crippen MR) is 77.7 cm³/mol. The Balaban J connectivity index is 1.91.